The number of likely N-dealkylation sites (N-methyl/N-ethyl adjacent to an activating group) is 1. The molecular weight excluding hydrogens is 316 g/mol. The van der Waals surface area contributed by atoms with E-state index >= 15 is 0 Å². The lowest BCUT2D eigenvalue weighted by atomic mass is 10.0. The molecule has 1 atom stereocenters. The first-order chi connectivity index (χ1) is 12.1. The number of piperidine rings is 1. The van der Waals surface area contributed by atoms with Gasteiger partial charge in [0.1, 0.15) is 5.82 Å². The topological polar surface area (TPSA) is 56.8 Å². The van der Waals surface area contributed by atoms with Crippen molar-refractivity contribution < 1.29 is 9.59 Å². The molecule has 6 nitrogen and oxygen atoms in total. The molecule has 3 heterocycles. The van der Waals surface area contributed by atoms with Crippen molar-refractivity contribution in [1.82, 2.24) is 14.8 Å². The number of rotatable bonds is 6. The highest BCUT2D eigenvalue weighted by molar-refractivity contribution is 5.78. The SMILES string of the molecule is CN(C(=O)CCCN1CCCC1=O)[C@H]1CCCN(c2ccccn2)C1. The molecule has 3 rings (SSSR count). The maximum absolute atomic E-state index is 12.5. The molecule has 0 aliphatic carbocycles. The molecule has 2 aliphatic heterocycles. The quantitative estimate of drug-likeness (QED) is 0.791. The Morgan fingerprint density at radius 2 is 2.20 bits per heavy atom. The van der Waals surface area contributed by atoms with Crippen LogP contribution in [0.5, 0.6) is 0 Å². The lowest BCUT2D eigenvalue weighted by Crippen LogP contribution is -2.49. The summed E-state index contributed by atoms with van der Waals surface area (Å²) in [6.07, 6.45) is 6.81. The number of hydrogen-bond acceptors (Lipinski definition) is 4. The molecule has 0 bridgehead atoms. The van der Waals surface area contributed by atoms with Gasteiger partial charge in [-0.3, -0.25) is 9.59 Å². The first-order valence-corrected chi connectivity index (χ1v) is 9.34. The van der Waals surface area contributed by atoms with E-state index < -0.39 is 0 Å². The highest BCUT2D eigenvalue weighted by Crippen LogP contribution is 2.20. The third-order valence-electron chi connectivity index (χ3n) is 5.30. The van der Waals surface area contributed by atoms with Gasteiger partial charge in [0.05, 0.1) is 0 Å². The van der Waals surface area contributed by atoms with Gasteiger partial charge >= 0.3 is 0 Å². The molecule has 6 heteroatoms. The monoisotopic (exact) mass is 344 g/mol. The van der Waals surface area contributed by atoms with Crippen LogP contribution in [-0.4, -0.2) is 65.9 Å². The van der Waals surface area contributed by atoms with Gasteiger partial charge in [0.2, 0.25) is 11.8 Å². The third-order valence-corrected chi connectivity index (χ3v) is 5.30. The van der Waals surface area contributed by atoms with E-state index in [0.717, 1.165) is 51.1 Å². The molecule has 2 amide bonds. The van der Waals surface area contributed by atoms with Gasteiger partial charge in [0.25, 0.3) is 0 Å². The van der Waals surface area contributed by atoms with Crippen LogP contribution >= 0.6 is 0 Å². The fourth-order valence-electron chi connectivity index (χ4n) is 3.76. The second-order valence-corrected chi connectivity index (χ2v) is 7.02. The van der Waals surface area contributed by atoms with Crippen LogP contribution in [0.3, 0.4) is 0 Å². The lowest BCUT2D eigenvalue weighted by molar-refractivity contribution is -0.133. The number of nitrogens with zero attached hydrogens (tertiary/aromatic N) is 4. The molecule has 2 saturated heterocycles. The summed E-state index contributed by atoms with van der Waals surface area (Å²) >= 11 is 0. The molecule has 0 unspecified atom stereocenters. The van der Waals surface area contributed by atoms with Crippen LogP contribution in [0.25, 0.3) is 0 Å². The Morgan fingerprint density at radius 3 is 2.92 bits per heavy atom. The van der Waals surface area contributed by atoms with Gasteiger partial charge < -0.3 is 14.7 Å². The van der Waals surface area contributed by atoms with Crippen LogP contribution in [-0.2, 0) is 9.59 Å². The number of anilines is 1. The number of carbonyl (C=O) groups excluding carboxylic acids is 2. The summed E-state index contributed by atoms with van der Waals surface area (Å²) in [6.45, 7) is 3.39. The Labute approximate surface area is 149 Å². The molecular formula is C19H28N4O2. The maximum atomic E-state index is 12.5. The minimum Gasteiger partial charge on any atom is -0.355 e. The van der Waals surface area contributed by atoms with Crippen molar-refractivity contribution in [2.75, 3.05) is 38.1 Å². The first-order valence-electron chi connectivity index (χ1n) is 9.34. The Bertz CT molecular complexity index is 592. The molecule has 2 fully saturated rings. The van der Waals surface area contributed by atoms with E-state index in [-0.39, 0.29) is 17.9 Å². The fraction of sp³-hybridized carbons (Fsp3) is 0.632. The lowest BCUT2D eigenvalue weighted by Gasteiger charge is -2.38. The van der Waals surface area contributed by atoms with Crippen molar-refractivity contribution >= 4 is 17.6 Å². The molecule has 0 N–H and O–H groups in total. The van der Waals surface area contributed by atoms with Crippen LogP contribution in [0.2, 0.25) is 0 Å². The van der Waals surface area contributed by atoms with Gasteiger partial charge in [-0.15, -0.1) is 0 Å². The number of hydrogen-bond donors (Lipinski definition) is 0. The van der Waals surface area contributed by atoms with E-state index in [2.05, 4.69) is 9.88 Å². The van der Waals surface area contributed by atoms with Crippen LogP contribution in [0, 0.1) is 0 Å². The Morgan fingerprint density at radius 1 is 1.32 bits per heavy atom. The van der Waals surface area contributed by atoms with E-state index in [1.165, 1.54) is 0 Å². The molecule has 0 radical (unpaired) electrons. The number of likely N-dealkylation sites (tertiary alicyclic amines) is 1. The van der Waals surface area contributed by atoms with Crippen LogP contribution in [0.1, 0.15) is 38.5 Å². The van der Waals surface area contributed by atoms with Gasteiger partial charge in [-0.2, -0.15) is 0 Å². The molecule has 1 aromatic rings. The minimum atomic E-state index is 0.180. The zero-order valence-electron chi connectivity index (χ0n) is 15.1. The number of pyridine rings is 1. The van der Waals surface area contributed by atoms with Gasteiger partial charge in [-0.25, -0.2) is 4.98 Å². The number of carbonyl (C=O) groups is 2. The number of aromatic nitrogens is 1. The summed E-state index contributed by atoms with van der Waals surface area (Å²) in [4.78, 5) is 34.6. The molecule has 136 valence electrons. The first kappa shape index (κ1) is 17.7. The van der Waals surface area contributed by atoms with Gasteiger partial charge in [0.15, 0.2) is 0 Å². The zero-order chi connectivity index (χ0) is 17.6. The van der Waals surface area contributed by atoms with Gasteiger partial charge in [-0.05, 0) is 37.8 Å². The average Bonchev–Trinajstić information content (AvgIpc) is 3.07. The third kappa shape index (κ3) is 4.50. The Hall–Kier alpha value is -2.11. The normalized spacial score (nSPS) is 20.8. The van der Waals surface area contributed by atoms with Crippen molar-refractivity contribution in [1.29, 1.82) is 0 Å². The maximum Gasteiger partial charge on any atom is 0.222 e. The van der Waals surface area contributed by atoms with Crippen molar-refractivity contribution in [2.24, 2.45) is 0 Å². The van der Waals surface area contributed by atoms with Crippen LogP contribution in [0.4, 0.5) is 5.82 Å². The predicted octanol–water partition coefficient (Wildman–Crippen LogP) is 1.91. The van der Waals surface area contributed by atoms with E-state index in [1.807, 2.05) is 41.2 Å². The van der Waals surface area contributed by atoms with Crippen molar-refractivity contribution in [2.45, 2.75) is 44.6 Å². The molecule has 0 aromatic carbocycles. The Kier molecular flexibility index (Phi) is 5.89. The van der Waals surface area contributed by atoms with Crippen LogP contribution < -0.4 is 4.90 Å². The van der Waals surface area contributed by atoms with Gasteiger partial charge in [0, 0.05) is 58.3 Å². The minimum absolute atomic E-state index is 0.180. The molecule has 0 saturated carbocycles. The number of amides is 2. The van der Waals surface area contributed by atoms with Crippen molar-refractivity contribution in [3.05, 3.63) is 24.4 Å². The second kappa shape index (κ2) is 8.32. The summed E-state index contributed by atoms with van der Waals surface area (Å²) in [6, 6.07) is 6.18. The summed E-state index contributed by atoms with van der Waals surface area (Å²) < 4.78 is 0. The summed E-state index contributed by atoms with van der Waals surface area (Å²) in [5.41, 5.74) is 0. The molecule has 25 heavy (non-hydrogen) atoms. The second-order valence-electron chi connectivity index (χ2n) is 7.02. The van der Waals surface area contributed by atoms with E-state index in [0.29, 0.717) is 19.4 Å². The highest BCUT2D eigenvalue weighted by Gasteiger charge is 2.27. The van der Waals surface area contributed by atoms with E-state index in [1.54, 1.807) is 0 Å². The molecule has 2 aliphatic rings. The predicted molar refractivity (Wildman–Crippen MR) is 97.3 cm³/mol. The molecule has 1 aromatic heterocycles. The largest absolute Gasteiger partial charge is 0.355 e. The zero-order valence-corrected chi connectivity index (χ0v) is 15.1. The summed E-state index contributed by atoms with van der Waals surface area (Å²) in [5, 5.41) is 0. The standard InChI is InChI=1S/C19H28N4O2/c1-21(18(24)9-5-12-22-13-6-10-19(22)25)16-7-4-14-23(15-16)17-8-2-3-11-20-17/h2-3,8,11,16H,4-7,9-10,12-15H2,1H3/t16-/m0/s1. The molecule has 0 spiro atoms. The average molecular weight is 344 g/mol. The van der Waals surface area contributed by atoms with Crippen molar-refractivity contribution in [3.63, 3.8) is 0 Å². The van der Waals surface area contributed by atoms with E-state index in [4.69, 9.17) is 0 Å². The van der Waals surface area contributed by atoms with Crippen molar-refractivity contribution in [3.8, 4) is 0 Å². The fourth-order valence-corrected chi connectivity index (χ4v) is 3.76. The van der Waals surface area contributed by atoms with Crippen LogP contribution in [0.15, 0.2) is 24.4 Å². The highest BCUT2D eigenvalue weighted by atomic mass is 16.2. The van der Waals surface area contributed by atoms with E-state index in [9.17, 15) is 9.59 Å². The Balaban J connectivity index is 1.47. The van der Waals surface area contributed by atoms with Gasteiger partial charge in [-0.1, -0.05) is 6.07 Å². The summed E-state index contributed by atoms with van der Waals surface area (Å²) in [7, 11) is 1.91. The smallest absolute Gasteiger partial charge is 0.222 e. The summed E-state index contributed by atoms with van der Waals surface area (Å²) in [5.74, 6) is 1.40.